The Balaban J connectivity index is 2.53. The van der Waals surface area contributed by atoms with Gasteiger partial charge in [-0.25, -0.2) is 9.97 Å². The van der Waals surface area contributed by atoms with E-state index in [9.17, 15) is 0 Å². The third-order valence-corrected chi connectivity index (χ3v) is 2.30. The molecule has 0 unspecified atom stereocenters. The van der Waals surface area contributed by atoms with E-state index in [2.05, 4.69) is 15.1 Å². The Morgan fingerprint density at radius 3 is 2.53 bits per heavy atom. The lowest BCUT2D eigenvalue weighted by molar-refractivity contribution is 0.664. The van der Waals surface area contributed by atoms with Crippen LogP contribution in [0.5, 0.6) is 0 Å². The fourth-order valence-corrected chi connectivity index (χ4v) is 1.70. The van der Waals surface area contributed by atoms with Crippen LogP contribution in [0.15, 0.2) is 18.3 Å². The van der Waals surface area contributed by atoms with E-state index in [0.717, 1.165) is 12.2 Å². The second-order valence-electron chi connectivity index (χ2n) is 2.87. The van der Waals surface area contributed by atoms with E-state index in [0.29, 0.717) is 16.1 Å². The minimum Gasteiger partial charge on any atom is -0.262 e. The topological polar surface area (TPSA) is 43.6 Å². The molecule has 0 aromatic carbocycles. The second-order valence-corrected chi connectivity index (χ2v) is 3.64. The van der Waals surface area contributed by atoms with E-state index in [1.807, 2.05) is 13.0 Å². The quantitative estimate of drug-likeness (QED) is 0.761. The highest BCUT2D eigenvalue weighted by molar-refractivity contribution is 6.33. The molecule has 0 aliphatic carbocycles. The van der Waals surface area contributed by atoms with E-state index in [1.54, 1.807) is 10.9 Å². The molecule has 2 aromatic rings. The molecule has 15 heavy (non-hydrogen) atoms. The number of hydrogen-bond acceptors (Lipinski definition) is 3. The van der Waals surface area contributed by atoms with Gasteiger partial charge < -0.3 is 0 Å². The average Bonchev–Trinajstić information content (AvgIpc) is 2.63. The summed E-state index contributed by atoms with van der Waals surface area (Å²) >= 11 is 11.6. The fraction of sp³-hybridized carbons (Fsp3) is 0.222. The molecule has 0 N–H and O–H groups in total. The third-order valence-electron chi connectivity index (χ3n) is 1.91. The Morgan fingerprint density at radius 2 is 1.93 bits per heavy atom. The van der Waals surface area contributed by atoms with Crippen molar-refractivity contribution in [2.24, 2.45) is 0 Å². The molecule has 0 radical (unpaired) electrons. The molecule has 0 saturated heterocycles. The molecule has 78 valence electrons. The van der Waals surface area contributed by atoms with Crippen molar-refractivity contribution in [2.75, 3.05) is 0 Å². The van der Waals surface area contributed by atoms with Crippen molar-refractivity contribution in [1.82, 2.24) is 19.7 Å². The van der Waals surface area contributed by atoms with Crippen LogP contribution in [-0.4, -0.2) is 19.7 Å². The summed E-state index contributed by atoms with van der Waals surface area (Å²) in [7, 11) is 0. The molecule has 0 spiro atoms. The van der Waals surface area contributed by atoms with Crippen molar-refractivity contribution < 1.29 is 0 Å². The van der Waals surface area contributed by atoms with Gasteiger partial charge in [-0.3, -0.25) is 4.68 Å². The molecule has 0 atom stereocenters. The fourth-order valence-electron chi connectivity index (χ4n) is 1.28. The van der Waals surface area contributed by atoms with Gasteiger partial charge in [0, 0.05) is 18.8 Å². The number of aryl methyl sites for hydroxylation is 1. The summed E-state index contributed by atoms with van der Waals surface area (Å²) < 4.78 is 1.78. The maximum atomic E-state index is 5.80. The first-order valence-corrected chi connectivity index (χ1v) is 5.18. The monoisotopic (exact) mass is 242 g/mol. The number of hydrogen-bond donors (Lipinski definition) is 0. The van der Waals surface area contributed by atoms with Gasteiger partial charge in [-0.15, -0.1) is 0 Å². The molecule has 2 heterocycles. The largest absolute Gasteiger partial charge is 0.262 e. The summed E-state index contributed by atoms with van der Waals surface area (Å²) in [6.45, 7) is 2.73. The number of nitrogens with zero attached hydrogens (tertiary/aromatic N) is 4. The summed E-state index contributed by atoms with van der Waals surface area (Å²) in [6, 6.07) is 3.32. The van der Waals surface area contributed by atoms with Crippen LogP contribution in [0.2, 0.25) is 10.3 Å². The second kappa shape index (κ2) is 4.16. The van der Waals surface area contributed by atoms with Crippen molar-refractivity contribution in [1.29, 1.82) is 0 Å². The van der Waals surface area contributed by atoms with E-state index in [1.165, 1.54) is 6.07 Å². The number of halogens is 2. The minimum absolute atomic E-state index is 0.328. The molecular formula is C9H8Cl2N4. The Bertz CT molecular complexity index is 460. The van der Waals surface area contributed by atoms with Gasteiger partial charge in [0.25, 0.3) is 0 Å². The van der Waals surface area contributed by atoms with E-state index >= 15 is 0 Å². The van der Waals surface area contributed by atoms with Crippen LogP contribution in [0.4, 0.5) is 0 Å². The minimum atomic E-state index is 0.328. The van der Waals surface area contributed by atoms with Crippen LogP contribution >= 0.6 is 23.2 Å². The van der Waals surface area contributed by atoms with Crippen LogP contribution < -0.4 is 0 Å². The first kappa shape index (κ1) is 10.4. The van der Waals surface area contributed by atoms with E-state index in [4.69, 9.17) is 23.2 Å². The highest BCUT2D eigenvalue weighted by Crippen LogP contribution is 2.19. The van der Waals surface area contributed by atoms with Crippen molar-refractivity contribution in [3.63, 3.8) is 0 Å². The predicted octanol–water partition coefficient (Wildman–Crippen LogP) is 2.67. The zero-order valence-electron chi connectivity index (χ0n) is 7.98. The Labute approximate surface area is 96.9 Å². The first-order valence-electron chi connectivity index (χ1n) is 4.43. The molecule has 2 rings (SSSR count). The molecule has 4 nitrogen and oxygen atoms in total. The van der Waals surface area contributed by atoms with Gasteiger partial charge in [0.2, 0.25) is 0 Å². The normalized spacial score (nSPS) is 10.6. The van der Waals surface area contributed by atoms with Crippen molar-refractivity contribution in [3.8, 4) is 11.5 Å². The Kier molecular flexibility index (Phi) is 2.88. The van der Waals surface area contributed by atoms with Gasteiger partial charge in [0.05, 0.1) is 0 Å². The zero-order chi connectivity index (χ0) is 10.8. The van der Waals surface area contributed by atoms with Crippen LogP contribution in [0.1, 0.15) is 6.92 Å². The van der Waals surface area contributed by atoms with Gasteiger partial charge in [0.1, 0.15) is 16.0 Å². The molecule has 6 heteroatoms. The van der Waals surface area contributed by atoms with Crippen LogP contribution in [0.3, 0.4) is 0 Å². The van der Waals surface area contributed by atoms with Crippen molar-refractivity contribution in [3.05, 3.63) is 28.6 Å². The maximum Gasteiger partial charge on any atom is 0.180 e. The molecule has 0 bridgehead atoms. The lowest BCUT2D eigenvalue weighted by Gasteiger charge is -2.03. The summed E-state index contributed by atoms with van der Waals surface area (Å²) in [5, 5.41) is 4.78. The summed E-state index contributed by atoms with van der Waals surface area (Å²) in [5.41, 5.74) is 0.807. The van der Waals surface area contributed by atoms with Gasteiger partial charge in [-0.05, 0) is 13.0 Å². The van der Waals surface area contributed by atoms with Gasteiger partial charge in [0.15, 0.2) is 5.82 Å². The number of aromatic nitrogens is 4. The van der Waals surface area contributed by atoms with Crippen LogP contribution in [-0.2, 0) is 6.54 Å². The number of rotatable bonds is 2. The van der Waals surface area contributed by atoms with E-state index in [-0.39, 0.29) is 0 Å². The van der Waals surface area contributed by atoms with Gasteiger partial charge >= 0.3 is 0 Å². The predicted molar refractivity (Wildman–Crippen MR) is 58.9 cm³/mol. The average molecular weight is 243 g/mol. The molecular weight excluding hydrogens is 235 g/mol. The van der Waals surface area contributed by atoms with Gasteiger partial charge in [-0.2, -0.15) is 5.10 Å². The molecule has 0 aliphatic heterocycles. The smallest absolute Gasteiger partial charge is 0.180 e. The Morgan fingerprint density at radius 1 is 1.27 bits per heavy atom. The third kappa shape index (κ3) is 2.11. The highest BCUT2D eigenvalue weighted by atomic mass is 35.5. The van der Waals surface area contributed by atoms with E-state index < -0.39 is 0 Å². The SMILES string of the molecule is CCn1nccc1-c1nc(Cl)cc(Cl)n1. The molecule has 2 aromatic heterocycles. The maximum absolute atomic E-state index is 5.80. The summed E-state index contributed by atoms with van der Waals surface area (Å²) in [6.07, 6.45) is 1.69. The molecule has 0 amide bonds. The summed E-state index contributed by atoms with van der Waals surface area (Å²) in [5.74, 6) is 0.492. The molecule has 0 aliphatic rings. The first-order chi connectivity index (χ1) is 7.20. The lowest BCUT2D eigenvalue weighted by atomic mass is 10.4. The van der Waals surface area contributed by atoms with Crippen molar-refractivity contribution >= 4 is 23.2 Å². The van der Waals surface area contributed by atoms with Crippen LogP contribution in [0, 0.1) is 0 Å². The standard InChI is InChI=1S/C9H8Cl2N4/c1-2-15-6(3-4-12-15)9-13-7(10)5-8(11)14-9/h3-5H,2H2,1H3. The molecule has 0 fully saturated rings. The lowest BCUT2D eigenvalue weighted by Crippen LogP contribution is -2.01. The zero-order valence-corrected chi connectivity index (χ0v) is 9.50. The molecule has 0 saturated carbocycles. The van der Waals surface area contributed by atoms with Crippen LogP contribution in [0.25, 0.3) is 11.5 Å². The van der Waals surface area contributed by atoms with Crippen molar-refractivity contribution in [2.45, 2.75) is 13.5 Å². The Hall–Kier alpha value is -1.13. The van der Waals surface area contributed by atoms with Gasteiger partial charge in [-0.1, -0.05) is 23.2 Å². The summed E-state index contributed by atoms with van der Waals surface area (Å²) in [4.78, 5) is 8.19. The highest BCUT2D eigenvalue weighted by Gasteiger charge is 2.09.